The summed E-state index contributed by atoms with van der Waals surface area (Å²) in [7, 11) is 0. The summed E-state index contributed by atoms with van der Waals surface area (Å²) in [6.45, 7) is 1.10. The molecule has 21 heavy (non-hydrogen) atoms. The first-order chi connectivity index (χ1) is 10.3. The molecule has 3 rings (SSSR count). The SMILES string of the molecule is Clc1cccc(N[C@H]2CCCN[C@H]2Cc2ccccc2)c1. The predicted molar refractivity (Wildman–Crippen MR) is 90.0 cm³/mol. The first-order valence-electron chi connectivity index (χ1n) is 7.61. The van der Waals surface area contributed by atoms with Gasteiger partial charge in [-0.1, -0.05) is 48.0 Å². The molecule has 1 saturated heterocycles. The molecule has 1 heterocycles. The third-order valence-corrected chi connectivity index (χ3v) is 4.29. The van der Waals surface area contributed by atoms with Gasteiger partial charge in [0, 0.05) is 22.8 Å². The quantitative estimate of drug-likeness (QED) is 0.888. The second-order valence-electron chi connectivity index (χ2n) is 5.65. The van der Waals surface area contributed by atoms with Crippen LogP contribution in [0.4, 0.5) is 5.69 Å². The fourth-order valence-electron chi connectivity index (χ4n) is 3.00. The Bertz CT molecular complexity index is 570. The van der Waals surface area contributed by atoms with E-state index in [0.29, 0.717) is 12.1 Å². The first kappa shape index (κ1) is 14.4. The Kier molecular flexibility index (Phi) is 4.79. The molecule has 0 bridgehead atoms. The van der Waals surface area contributed by atoms with Crippen LogP contribution in [-0.4, -0.2) is 18.6 Å². The van der Waals surface area contributed by atoms with E-state index in [9.17, 15) is 0 Å². The van der Waals surface area contributed by atoms with Crippen molar-refractivity contribution < 1.29 is 0 Å². The third kappa shape index (κ3) is 3.99. The van der Waals surface area contributed by atoms with Crippen molar-refractivity contribution in [3.05, 3.63) is 65.2 Å². The Balaban J connectivity index is 1.69. The summed E-state index contributed by atoms with van der Waals surface area (Å²) in [4.78, 5) is 0. The van der Waals surface area contributed by atoms with Gasteiger partial charge in [-0.25, -0.2) is 0 Å². The Labute approximate surface area is 131 Å². The molecule has 2 N–H and O–H groups in total. The maximum absolute atomic E-state index is 6.07. The van der Waals surface area contributed by atoms with Crippen LogP contribution in [0.25, 0.3) is 0 Å². The largest absolute Gasteiger partial charge is 0.381 e. The number of halogens is 1. The minimum atomic E-state index is 0.442. The van der Waals surface area contributed by atoms with Crippen molar-refractivity contribution in [2.75, 3.05) is 11.9 Å². The fourth-order valence-corrected chi connectivity index (χ4v) is 3.19. The van der Waals surface area contributed by atoms with Crippen molar-refractivity contribution in [2.45, 2.75) is 31.3 Å². The molecule has 0 aromatic heterocycles. The van der Waals surface area contributed by atoms with Crippen LogP contribution in [0.2, 0.25) is 5.02 Å². The third-order valence-electron chi connectivity index (χ3n) is 4.06. The second kappa shape index (κ2) is 6.97. The normalized spacial score (nSPS) is 22.0. The summed E-state index contributed by atoms with van der Waals surface area (Å²) in [6, 6.07) is 19.6. The zero-order chi connectivity index (χ0) is 14.5. The van der Waals surface area contributed by atoms with Crippen molar-refractivity contribution in [1.29, 1.82) is 0 Å². The number of hydrogen-bond donors (Lipinski definition) is 2. The van der Waals surface area contributed by atoms with Gasteiger partial charge in [-0.2, -0.15) is 0 Å². The summed E-state index contributed by atoms with van der Waals surface area (Å²) < 4.78 is 0. The summed E-state index contributed by atoms with van der Waals surface area (Å²) in [5.41, 5.74) is 2.49. The van der Waals surface area contributed by atoms with Crippen molar-refractivity contribution in [3.8, 4) is 0 Å². The Morgan fingerprint density at radius 3 is 2.76 bits per heavy atom. The van der Waals surface area contributed by atoms with E-state index in [2.05, 4.69) is 47.0 Å². The van der Waals surface area contributed by atoms with Gasteiger partial charge in [-0.3, -0.25) is 0 Å². The molecule has 2 aromatic rings. The molecule has 1 aliphatic heterocycles. The van der Waals surface area contributed by atoms with E-state index in [1.807, 2.05) is 18.2 Å². The van der Waals surface area contributed by atoms with Gasteiger partial charge in [0.05, 0.1) is 0 Å². The van der Waals surface area contributed by atoms with Crippen LogP contribution < -0.4 is 10.6 Å². The number of nitrogens with one attached hydrogen (secondary N) is 2. The van der Waals surface area contributed by atoms with Crippen LogP contribution in [-0.2, 0) is 6.42 Å². The lowest BCUT2D eigenvalue weighted by Crippen LogP contribution is -2.49. The molecule has 0 spiro atoms. The monoisotopic (exact) mass is 300 g/mol. The van der Waals surface area contributed by atoms with Gasteiger partial charge in [-0.05, 0) is 49.6 Å². The lowest BCUT2D eigenvalue weighted by Gasteiger charge is -2.34. The number of benzene rings is 2. The summed E-state index contributed by atoms with van der Waals surface area (Å²) >= 11 is 6.07. The van der Waals surface area contributed by atoms with Crippen LogP contribution >= 0.6 is 11.6 Å². The number of rotatable bonds is 4. The predicted octanol–water partition coefficient (Wildman–Crippen LogP) is 4.12. The lowest BCUT2D eigenvalue weighted by molar-refractivity contribution is 0.366. The van der Waals surface area contributed by atoms with E-state index < -0.39 is 0 Å². The highest BCUT2D eigenvalue weighted by atomic mass is 35.5. The molecule has 0 saturated carbocycles. The summed E-state index contributed by atoms with van der Waals surface area (Å²) in [5, 5.41) is 8.08. The molecule has 110 valence electrons. The molecule has 0 amide bonds. The zero-order valence-electron chi connectivity index (χ0n) is 12.1. The summed E-state index contributed by atoms with van der Waals surface area (Å²) in [5.74, 6) is 0. The maximum Gasteiger partial charge on any atom is 0.0426 e. The number of anilines is 1. The highest BCUT2D eigenvalue weighted by Crippen LogP contribution is 2.21. The molecule has 1 fully saturated rings. The molecule has 0 aliphatic carbocycles. The van der Waals surface area contributed by atoms with Gasteiger partial charge < -0.3 is 10.6 Å². The van der Waals surface area contributed by atoms with Crippen LogP contribution in [0.1, 0.15) is 18.4 Å². The van der Waals surface area contributed by atoms with Crippen molar-refractivity contribution in [3.63, 3.8) is 0 Å². The zero-order valence-corrected chi connectivity index (χ0v) is 12.8. The molecule has 1 aliphatic rings. The lowest BCUT2D eigenvalue weighted by atomic mass is 9.92. The molecule has 2 aromatic carbocycles. The highest BCUT2D eigenvalue weighted by Gasteiger charge is 2.24. The Morgan fingerprint density at radius 1 is 1.10 bits per heavy atom. The Morgan fingerprint density at radius 2 is 1.95 bits per heavy atom. The standard InChI is InChI=1S/C18H21ClN2/c19-15-8-4-9-16(13-15)21-17-10-5-11-20-18(17)12-14-6-2-1-3-7-14/h1-4,6-9,13,17-18,20-21H,5,10-12H2/t17-,18-/m0/s1. The van der Waals surface area contributed by atoms with Gasteiger partial charge >= 0.3 is 0 Å². The van der Waals surface area contributed by atoms with Gasteiger partial charge in [0.1, 0.15) is 0 Å². The Hall–Kier alpha value is -1.51. The van der Waals surface area contributed by atoms with Crippen LogP contribution in [0.15, 0.2) is 54.6 Å². The summed E-state index contributed by atoms with van der Waals surface area (Å²) in [6.07, 6.45) is 3.46. The highest BCUT2D eigenvalue weighted by molar-refractivity contribution is 6.30. The molecule has 0 radical (unpaired) electrons. The van der Waals surface area contributed by atoms with E-state index >= 15 is 0 Å². The van der Waals surface area contributed by atoms with Crippen molar-refractivity contribution >= 4 is 17.3 Å². The van der Waals surface area contributed by atoms with Crippen molar-refractivity contribution in [2.24, 2.45) is 0 Å². The first-order valence-corrected chi connectivity index (χ1v) is 7.98. The fraction of sp³-hybridized carbons (Fsp3) is 0.333. The van der Waals surface area contributed by atoms with Crippen LogP contribution in [0, 0.1) is 0 Å². The topological polar surface area (TPSA) is 24.1 Å². The van der Waals surface area contributed by atoms with Gasteiger partial charge in [0.2, 0.25) is 0 Å². The minimum Gasteiger partial charge on any atom is -0.381 e. The average Bonchev–Trinajstić information content (AvgIpc) is 2.50. The second-order valence-corrected chi connectivity index (χ2v) is 6.09. The molecule has 3 heteroatoms. The van der Waals surface area contributed by atoms with Gasteiger partial charge in [0.25, 0.3) is 0 Å². The van der Waals surface area contributed by atoms with E-state index in [0.717, 1.165) is 23.7 Å². The molecular formula is C18H21ClN2. The molecule has 2 nitrogen and oxygen atoms in total. The van der Waals surface area contributed by atoms with Gasteiger partial charge in [-0.15, -0.1) is 0 Å². The number of hydrogen-bond acceptors (Lipinski definition) is 2. The van der Waals surface area contributed by atoms with Crippen molar-refractivity contribution in [1.82, 2.24) is 5.32 Å². The molecule has 2 atom stereocenters. The minimum absolute atomic E-state index is 0.442. The average molecular weight is 301 g/mol. The molecular weight excluding hydrogens is 280 g/mol. The van der Waals surface area contributed by atoms with Crippen LogP contribution in [0.5, 0.6) is 0 Å². The van der Waals surface area contributed by atoms with Crippen LogP contribution in [0.3, 0.4) is 0 Å². The van der Waals surface area contributed by atoms with E-state index in [-0.39, 0.29) is 0 Å². The van der Waals surface area contributed by atoms with E-state index in [1.54, 1.807) is 0 Å². The number of piperidine rings is 1. The smallest absolute Gasteiger partial charge is 0.0426 e. The van der Waals surface area contributed by atoms with E-state index in [4.69, 9.17) is 11.6 Å². The maximum atomic E-state index is 6.07. The van der Waals surface area contributed by atoms with Gasteiger partial charge in [0.15, 0.2) is 0 Å². The molecule has 0 unspecified atom stereocenters. The van der Waals surface area contributed by atoms with E-state index in [1.165, 1.54) is 18.4 Å².